The van der Waals surface area contributed by atoms with Gasteiger partial charge in [0.05, 0.1) is 16.1 Å². The van der Waals surface area contributed by atoms with Gasteiger partial charge in [-0.25, -0.2) is 17.4 Å². The van der Waals surface area contributed by atoms with Crippen molar-refractivity contribution in [2.24, 2.45) is 0 Å². The number of pyridine rings is 1. The normalized spacial score (nSPS) is 17.0. The van der Waals surface area contributed by atoms with Gasteiger partial charge in [0.25, 0.3) is 10.0 Å². The van der Waals surface area contributed by atoms with Crippen LogP contribution in [0.15, 0.2) is 78.0 Å². The molecule has 3 heterocycles. The van der Waals surface area contributed by atoms with Crippen LogP contribution >= 0.6 is 0 Å². The Morgan fingerprint density at radius 3 is 2.08 bits per heavy atom. The van der Waals surface area contributed by atoms with Gasteiger partial charge in [-0.1, -0.05) is 30.3 Å². The zero-order valence-corrected chi connectivity index (χ0v) is 22.2. The van der Waals surface area contributed by atoms with E-state index in [0.29, 0.717) is 16.5 Å². The third-order valence-electron chi connectivity index (χ3n) is 7.17. The fourth-order valence-corrected chi connectivity index (χ4v) is 5.61. The highest BCUT2D eigenvalue weighted by molar-refractivity contribution is 7.90. The van der Waals surface area contributed by atoms with Crippen LogP contribution in [-0.2, 0) is 19.3 Å². The van der Waals surface area contributed by atoms with Crippen molar-refractivity contribution < 1.29 is 17.7 Å². The van der Waals surface area contributed by atoms with Crippen LogP contribution < -0.4 is 10.4 Å². The second-order valence-electron chi connectivity index (χ2n) is 10.3. The minimum absolute atomic E-state index is 0.188. The van der Waals surface area contributed by atoms with Crippen LogP contribution in [0.3, 0.4) is 0 Å². The molecule has 9 heteroatoms. The molecule has 0 bridgehead atoms. The summed E-state index contributed by atoms with van der Waals surface area (Å²) >= 11 is 0. The van der Waals surface area contributed by atoms with Crippen LogP contribution in [0.1, 0.15) is 27.7 Å². The van der Waals surface area contributed by atoms with E-state index in [2.05, 4.69) is 4.98 Å². The van der Waals surface area contributed by atoms with E-state index < -0.39 is 28.3 Å². The van der Waals surface area contributed by atoms with Crippen LogP contribution in [0, 0.1) is 0 Å². The molecule has 0 amide bonds. The van der Waals surface area contributed by atoms with Gasteiger partial charge in [0, 0.05) is 48.6 Å². The monoisotopic (exact) mass is 503 g/mol. The standard InChI is InChI=1S/C27H30BN3O4S/c1-26(2)27(3,4)35-28(34-26)24-18-31(36(32,33)22-10-8-7-9-11-22)25-23(24)16-20(17-29-25)19-12-14-21(15-13-19)30(5)6/h7-18H,1-6H3. The highest BCUT2D eigenvalue weighted by Gasteiger charge is 2.52. The van der Waals surface area contributed by atoms with Crippen molar-refractivity contribution in [3.8, 4) is 11.1 Å². The molecule has 0 unspecified atom stereocenters. The van der Waals surface area contributed by atoms with E-state index in [1.807, 2.05) is 77.0 Å². The molecule has 0 saturated carbocycles. The lowest BCUT2D eigenvalue weighted by atomic mass is 9.79. The lowest BCUT2D eigenvalue weighted by Gasteiger charge is -2.32. The first-order valence-corrected chi connectivity index (χ1v) is 13.3. The Kier molecular flexibility index (Phi) is 5.78. The molecule has 1 fully saturated rings. The van der Waals surface area contributed by atoms with E-state index >= 15 is 0 Å². The third kappa shape index (κ3) is 4.01. The Labute approximate surface area is 212 Å². The summed E-state index contributed by atoms with van der Waals surface area (Å²) in [6.45, 7) is 7.90. The van der Waals surface area contributed by atoms with Gasteiger partial charge < -0.3 is 14.2 Å². The number of benzene rings is 2. The van der Waals surface area contributed by atoms with Gasteiger partial charge in [0.15, 0.2) is 5.65 Å². The summed E-state index contributed by atoms with van der Waals surface area (Å²) in [5.41, 5.74) is 2.76. The Bertz CT molecular complexity index is 1510. The SMILES string of the molecule is CN(C)c1ccc(-c2cnc3c(c2)c(B2OC(C)(C)C(C)(C)O2)cn3S(=O)(=O)c2ccccc2)cc1. The van der Waals surface area contributed by atoms with Crippen LogP contribution in [0.25, 0.3) is 22.2 Å². The van der Waals surface area contributed by atoms with Crippen molar-refractivity contribution in [2.45, 2.75) is 43.8 Å². The zero-order valence-electron chi connectivity index (χ0n) is 21.4. The predicted octanol–water partition coefficient (Wildman–Crippen LogP) is 4.31. The van der Waals surface area contributed by atoms with Crippen molar-refractivity contribution in [1.29, 1.82) is 0 Å². The Morgan fingerprint density at radius 1 is 0.889 bits per heavy atom. The lowest BCUT2D eigenvalue weighted by molar-refractivity contribution is 0.00578. The molecule has 2 aromatic carbocycles. The molecule has 0 N–H and O–H groups in total. The van der Waals surface area contributed by atoms with Crippen molar-refractivity contribution in [1.82, 2.24) is 8.96 Å². The molecule has 0 aliphatic carbocycles. The van der Waals surface area contributed by atoms with E-state index in [-0.39, 0.29) is 4.90 Å². The second kappa shape index (κ2) is 8.47. The molecule has 186 valence electrons. The maximum absolute atomic E-state index is 13.6. The topological polar surface area (TPSA) is 73.7 Å². The number of fused-ring (bicyclic) bond motifs is 1. The van der Waals surface area contributed by atoms with Crippen molar-refractivity contribution in [3.63, 3.8) is 0 Å². The number of anilines is 1. The Balaban J connectivity index is 1.69. The first-order chi connectivity index (χ1) is 16.9. The van der Waals surface area contributed by atoms with Crippen LogP contribution in [0.4, 0.5) is 5.69 Å². The van der Waals surface area contributed by atoms with Crippen LogP contribution in [0.2, 0.25) is 0 Å². The summed E-state index contributed by atoms with van der Waals surface area (Å²) < 4.78 is 41.1. The molecule has 2 aromatic heterocycles. The summed E-state index contributed by atoms with van der Waals surface area (Å²) in [6, 6.07) is 18.5. The van der Waals surface area contributed by atoms with E-state index in [1.165, 1.54) is 3.97 Å². The molecule has 36 heavy (non-hydrogen) atoms. The lowest BCUT2D eigenvalue weighted by Crippen LogP contribution is -2.41. The third-order valence-corrected chi connectivity index (χ3v) is 8.83. The quantitative estimate of drug-likeness (QED) is 0.378. The number of hydrogen-bond donors (Lipinski definition) is 0. The summed E-state index contributed by atoms with van der Waals surface area (Å²) in [7, 11) is -0.634. The molecule has 1 saturated heterocycles. The summed E-state index contributed by atoms with van der Waals surface area (Å²) in [5, 5.41) is 0.669. The summed E-state index contributed by atoms with van der Waals surface area (Å²) in [4.78, 5) is 6.86. The van der Waals surface area contributed by atoms with Gasteiger partial charge in [-0.3, -0.25) is 0 Å². The number of hydrogen-bond acceptors (Lipinski definition) is 6. The first-order valence-electron chi connectivity index (χ1n) is 11.9. The minimum atomic E-state index is -3.89. The van der Waals surface area contributed by atoms with Gasteiger partial charge in [0.1, 0.15) is 0 Å². The Hall–Kier alpha value is -3.14. The zero-order chi connectivity index (χ0) is 25.9. The fourth-order valence-electron chi connectivity index (χ4n) is 4.26. The molecular formula is C27H30BN3O4S. The number of nitrogens with zero attached hydrogens (tertiary/aromatic N) is 3. The molecular weight excluding hydrogens is 473 g/mol. The molecule has 7 nitrogen and oxygen atoms in total. The largest absolute Gasteiger partial charge is 0.497 e. The first kappa shape index (κ1) is 24.6. The predicted molar refractivity (Wildman–Crippen MR) is 144 cm³/mol. The highest BCUT2D eigenvalue weighted by Crippen LogP contribution is 2.37. The second-order valence-corrected chi connectivity index (χ2v) is 12.1. The molecule has 0 atom stereocenters. The Morgan fingerprint density at radius 2 is 1.50 bits per heavy atom. The smallest absolute Gasteiger partial charge is 0.399 e. The molecule has 4 aromatic rings. The van der Waals surface area contributed by atoms with Gasteiger partial charge in [-0.2, -0.15) is 0 Å². The van der Waals surface area contributed by atoms with E-state index in [1.54, 1.807) is 42.7 Å². The van der Waals surface area contributed by atoms with Gasteiger partial charge in [0.2, 0.25) is 0 Å². The minimum Gasteiger partial charge on any atom is -0.399 e. The van der Waals surface area contributed by atoms with E-state index in [4.69, 9.17) is 9.31 Å². The maximum Gasteiger partial charge on any atom is 0.497 e. The van der Waals surface area contributed by atoms with Gasteiger partial charge >= 0.3 is 7.12 Å². The average Bonchev–Trinajstić information content (AvgIpc) is 3.33. The maximum atomic E-state index is 13.6. The number of rotatable bonds is 5. The summed E-state index contributed by atoms with van der Waals surface area (Å²) in [5.74, 6) is 0. The van der Waals surface area contributed by atoms with Crippen molar-refractivity contribution in [2.75, 3.05) is 19.0 Å². The van der Waals surface area contributed by atoms with E-state index in [0.717, 1.165) is 16.8 Å². The highest BCUT2D eigenvalue weighted by atomic mass is 32.2. The van der Waals surface area contributed by atoms with Gasteiger partial charge in [-0.05, 0) is 63.6 Å². The number of aromatic nitrogens is 2. The molecule has 1 aliphatic heterocycles. The average molecular weight is 503 g/mol. The molecule has 1 aliphatic rings. The molecule has 0 radical (unpaired) electrons. The summed E-state index contributed by atoms with van der Waals surface area (Å²) in [6.07, 6.45) is 3.29. The van der Waals surface area contributed by atoms with Crippen LogP contribution in [0.5, 0.6) is 0 Å². The van der Waals surface area contributed by atoms with Crippen LogP contribution in [-0.4, -0.2) is 49.8 Å². The fraction of sp³-hybridized carbons (Fsp3) is 0.296. The molecule has 0 spiro atoms. The molecule has 5 rings (SSSR count). The van der Waals surface area contributed by atoms with Crippen molar-refractivity contribution in [3.05, 3.63) is 73.1 Å². The van der Waals surface area contributed by atoms with Gasteiger partial charge in [-0.15, -0.1) is 0 Å². The van der Waals surface area contributed by atoms with E-state index in [9.17, 15) is 8.42 Å². The van der Waals surface area contributed by atoms with Crippen molar-refractivity contribution >= 4 is 39.3 Å².